The summed E-state index contributed by atoms with van der Waals surface area (Å²) in [5.74, 6) is 0.182. The van der Waals surface area contributed by atoms with Gasteiger partial charge in [-0.15, -0.1) is 0 Å². The number of piperidine rings is 2. The lowest BCUT2D eigenvalue weighted by Gasteiger charge is -2.43. The van der Waals surface area contributed by atoms with Gasteiger partial charge in [-0.3, -0.25) is 14.4 Å². The van der Waals surface area contributed by atoms with Crippen molar-refractivity contribution in [1.82, 2.24) is 20.0 Å². The van der Waals surface area contributed by atoms with Crippen LogP contribution in [0.15, 0.2) is 22.8 Å². The molecular formula is C20H28N4O4. The topological polar surface area (TPSA) is 86.1 Å². The smallest absolute Gasteiger partial charge is 0.290 e. The van der Waals surface area contributed by atoms with Crippen LogP contribution in [0.25, 0.3) is 0 Å². The first-order valence-electron chi connectivity index (χ1n) is 10.3. The molecule has 0 spiro atoms. The van der Waals surface area contributed by atoms with Gasteiger partial charge in [-0.05, 0) is 44.2 Å². The summed E-state index contributed by atoms with van der Waals surface area (Å²) in [4.78, 5) is 43.8. The number of piperazine rings is 1. The van der Waals surface area contributed by atoms with E-state index < -0.39 is 6.04 Å². The van der Waals surface area contributed by atoms with Gasteiger partial charge in [-0.1, -0.05) is 0 Å². The Morgan fingerprint density at radius 2 is 2.00 bits per heavy atom. The van der Waals surface area contributed by atoms with Crippen LogP contribution in [-0.4, -0.2) is 83.8 Å². The molecule has 3 aliphatic rings. The minimum absolute atomic E-state index is 0.00638. The van der Waals surface area contributed by atoms with Crippen LogP contribution in [0.5, 0.6) is 0 Å². The maximum Gasteiger partial charge on any atom is 0.290 e. The zero-order valence-corrected chi connectivity index (χ0v) is 16.1. The van der Waals surface area contributed by atoms with Crippen molar-refractivity contribution >= 4 is 17.7 Å². The highest BCUT2D eigenvalue weighted by molar-refractivity contribution is 5.95. The van der Waals surface area contributed by atoms with E-state index in [0.29, 0.717) is 39.1 Å². The van der Waals surface area contributed by atoms with Crippen LogP contribution in [0, 0.1) is 0 Å². The van der Waals surface area contributed by atoms with E-state index in [1.54, 1.807) is 17.0 Å². The Morgan fingerprint density at radius 1 is 1.11 bits per heavy atom. The number of carbonyl (C=O) groups excluding carboxylic acids is 3. The zero-order valence-electron chi connectivity index (χ0n) is 16.1. The van der Waals surface area contributed by atoms with Crippen LogP contribution in [0.1, 0.15) is 42.7 Å². The van der Waals surface area contributed by atoms with Crippen molar-refractivity contribution in [1.29, 1.82) is 0 Å². The van der Waals surface area contributed by atoms with E-state index in [1.807, 2.05) is 9.80 Å². The number of hydrogen-bond acceptors (Lipinski definition) is 5. The molecule has 0 saturated carbocycles. The van der Waals surface area contributed by atoms with Gasteiger partial charge in [-0.25, -0.2) is 0 Å². The third-order valence-corrected chi connectivity index (χ3v) is 6.06. The van der Waals surface area contributed by atoms with E-state index in [1.165, 1.54) is 6.26 Å². The van der Waals surface area contributed by atoms with Gasteiger partial charge in [0.15, 0.2) is 5.76 Å². The summed E-state index contributed by atoms with van der Waals surface area (Å²) in [6, 6.07) is 2.97. The van der Waals surface area contributed by atoms with Gasteiger partial charge < -0.3 is 24.4 Å². The largest absolute Gasteiger partial charge is 0.459 e. The van der Waals surface area contributed by atoms with Crippen LogP contribution >= 0.6 is 0 Å². The summed E-state index contributed by atoms with van der Waals surface area (Å²) in [5.41, 5.74) is 0. The van der Waals surface area contributed by atoms with Gasteiger partial charge in [-0.2, -0.15) is 0 Å². The number of likely N-dealkylation sites (tertiary alicyclic amines) is 2. The van der Waals surface area contributed by atoms with Crippen LogP contribution < -0.4 is 5.32 Å². The molecule has 2 unspecified atom stereocenters. The van der Waals surface area contributed by atoms with E-state index in [9.17, 15) is 14.4 Å². The average Bonchev–Trinajstić information content (AvgIpc) is 3.28. The molecule has 3 fully saturated rings. The first kappa shape index (κ1) is 19.0. The summed E-state index contributed by atoms with van der Waals surface area (Å²) in [5, 5.41) is 3.10. The SMILES string of the molecule is O=C(C1CCCCN1C(=O)c1ccco1)N1CCCC(N2CCNCC2=O)C1. The van der Waals surface area contributed by atoms with Crippen molar-refractivity contribution in [2.24, 2.45) is 0 Å². The van der Waals surface area contributed by atoms with Crippen LogP contribution in [0.4, 0.5) is 0 Å². The monoisotopic (exact) mass is 388 g/mol. The van der Waals surface area contributed by atoms with E-state index in [-0.39, 0.29) is 29.5 Å². The molecule has 8 nitrogen and oxygen atoms in total. The Morgan fingerprint density at radius 3 is 2.79 bits per heavy atom. The van der Waals surface area contributed by atoms with E-state index in [4.69, 9.17) is 4.42 Å². The van der Waals surface area contributed by atoms with Gasteiger partial charge in [0.25, 0.3) is 5.91 Å². The number of amides is 3. The number of carbonyl (C=O) groups is 3. The third-order valence-electron chi connectivity index (χ3n) is 6.06. The first-order chi connectivity index (χ1) is 13.6. The Bertz CT molecular complexity index is 720. The standard InChI is InChI=1S/C20H28N4O4/c25-18-13-21-8-11-23(18)15-5-3-9-22(14-15)19(26)16-6-1-2-10-24(16)20(27)17-7-4-12-28-17/h4,7,12,15-16,21H,1-3,5-6,8-11,13-14H2. The molecule has 0 radical (unpaired) electrons. The van der Waals surface area contributed by atoms with E-state index in [0.717, 1.165) is 32.2 Å². The van der Waals surface area contributed by atoms with Crippen molar-refractivity contribution in [3.8, 4) is 0 Å². The number of hydrogen-bond donors (Lipinski definition) is 1. The maximum atomic E-state index is 13.3. The fraction of sp³-hybridized carbons (Fsp3) is 0.650. The molecule has 0 bridgehead atoms. The number of nitrogens with one attached hydrogen (secondary N) is 1. The number of furan rings is 1. The van der Waals surface area contributed by atoms with Crippen LogP contribution in [0.3, 0.4) is 0 Å². The molecule has 3 amide bonds. The van der Waals surface area contributed by atoms with Crippen molar-refractivity contribution in [2.45, 2.75) is 44.2 Å². The number of rotatable bonds is 3. The fourth-order valence-electron chi connectivity index (χ4n) is 4.60. The third kappa shape index (κ3) is 3.78. The Labute approximate surface area is 164 Å². The van der Waals surface area contributed by atoms with Crippen molar-refractivity contribution in [3.63, 3.8) is 0 Å². The number of nitrogens with zero attached hydrogens (tertiary/aromatic N) is 3. The molecule has 4 heterocycles. The quantitative estimate of drug-likeness (QED) is 0.824. The first-order valence-corrected chi connectivity index (χ1v) is 10.3. The maximum absolute atomic E-state index is 13.3. The van der Waals surface area contributed by atoms with Crippen LogP contribution in [0.2, 0.25) is 0 Å². The molecular weight excluding hydrogens is 360 g/mol. The predicted molar refractivity (Wildman–Crippen MR) is 102 cm³/mol. The summed E-state index contributed by atoms with van der Waals surface area (Å²) >= 11 is 0. The fourth-order valence-corrected chi connectivity index (χ4v) is 4.60. The second-order valence-electron chi connectivity index (χ2n) is 7.83. The Hall–Kier alpha value is -2.35. The summed E-state index contributed by atoms with van der Waals surface area (Å²) in [6.07, 6.45) is 5.80. The lowest BCUT2D eigenvalue weighted by Crippen LogP contribution is -2.60. The molecule has 0 aromatic carbocycles. The van der Waals surface area contributed by atoms with Gasteiger partial charge in [0.05, 0.1) is 12.8 Å². The molecule has 4 rings (SSSR count). The molecule has 3 saturated heterocycles. The van der Waals surface area contributed by atoms with E-state index in [2.05, 4.69) is 5.32 Å². The van der Waals surface area contributed by atoms with Gasteiger partial charge >= 0.3 is 0 Å². The van der Waals surface area contributed by atoms with Crippen molar-refractivity contribution in [3.05, 3.63) is 24.2 Å². The molecule has 3 aliphatic heterocycles. The minimum Gasteiger partial charge on any atom is -0.459 e. The Kier molecular flexibility index (Phi) is 5.66. The molecule has 152 valence electrons. The Balaban J connectivity index is 1.45. The molecule has 1 aromatic heterocycles. The molecule has 1 N–H and O–H groups in total. The zero-order chi connectivity index (χ0) is 19.5. The highest BCUT2D eigenvalue weighted by Gasteiger charge is 2.38. The van der Waals surface area contributed by atoms with Crippen LogP contribution in [-0.2, 0) is 9.59 Å². The lowest BCUT2D eigenvalue weighted by molar-refractivity contribution is -0.143. The normalized spacial score (nSPS) is 26.4. The molecule has 2 atom stereocenters. The lowest BCUT2D eigenvalue weighted by atomic mass is 9.97. The minimum atomic E-state index is -0.441. The molecule has 0 aliphatic carbocycles. The molecule has 28 heavy (non-hydrogen) atoms. The molecule has 1 aromatic rings. The summed E-state index contributed by atoms with van der Waals surface area (Å²) < 4.78 is 5.26. The summed E-state index contributed by atoms with van der Waals surface area (Å²) in [6.45, 7) is 3.68. The molecule has 8 heteroatoms. The highest BCUT2D eigenvalue weighted by atomic mass is 16.3. The average molecular weight is 388 g/mol. The van der Waals surface area contributed by atoms with E-state index >= 15 is 0 Å². The second-order valence-corrected chi connectivity index (χ2v) is 7.83. The van der Waals surface area contributed by atoms with Gasteiger partial charge in [0, 0.05) is 38.8 Å². The highest BCUT2D eigenvalue weighted by Crippen LogP contribution is 2.24. The van der Waals surface area contributed by atoms with Gasteiger partial charge in [0.1, 0.15) is 6.04 Å². The van der Waals surface area contributed by atoms with Gasteiger partial charge in [0.2, 0.25) is 11.8 Å². The second kappa shape index (κ2) is 8.34. The van der Waals surface area contributed by atoms with Crippen molar-refractivity contribution in [2.75, 3.05) is 39.3 Å². The predicted octanol–water partition coefficient (Wildman–Crippen LogP) is 0.697. The summed E-state index contributed by atoms with van der Waals surface area (Å²) in [7, 11) is 0. The van der Waals surface area contributed by atoms with Crippen molar-refractivity contribution < 1.29 is 18.8 Å².